The highest BCUT2D eigenvalue weighted by molar-refractivity contribution is 5.94. The number of benzene rings is 1. The molecule has 206 valence electrons. The lowest BCUT2D eigenvalue weighted by Crippen LogP contribution is -2.51. The Balaban J connectivity index is 2.17. The molecule has 0 aliphatic rings. The van der Waals surface area contributed by atoms with Crippen molar-refractivity contribution in [2.75, 3.05) is 19.8 Å². The van der Waals surface area contributed by atoms with E-state index in [9.17, 15) is 27.5 Å². The Labute approximate surface area is 215 Å². The van der Waals surface area contributed by atoms with E-state index >= 15 is 0 Å². The molecule has 1 amide bonds. The Kier molecular flexibility index (Phi) is 9.70. The van der Waals surface area contributed by atoms with Crippen LogP contribution in [0.3, 0.4) is 0 Å². The summed E-state index contributed by atoms with van der Waals surface area (Å²) in [5.74, 6) is -2.08. The van der Waals surface area contributed by atoms with Gasteiger partial charge in [0.1, 0.15) is 6.61 Å². The van der Waals surface area contributed by atoms with Crippen molar-refractivity contribution in [3.8, 4) is 5.75 Å². The molecule has 2 rings (SSSR count). The van der Waals surface area contributed by atoms with Crippen molar-refractivity contribution in [3.05, 3.63) is 58.2 Å². The summed E-state index contributed by atoms with van der Waals surface area (Å²) in [7, 11) is 0. The fraction of sp³-hybridized carbons (Fsp3) is 0.556. The average Bonchev–Trinajstić information content (AvgIpc) is 2.81. The van der Waals surface area contributed by atoms with E-state index in [0.717, 1.165) is 18.1 Å². The SMILES string of the molecule is CCC(C)(C)OCCOc1ccc(C(=O)NCC(O)(c2cc(C(C)C)c(C)c(C)n2)C(F)(F)F)cc1F. The van der Waals surface area contributed by atoms with Crippen molar-refractivity contribution >= 4 is 5.91 Å². The molecule has 0 radical (unpaired) electrons. The van der Waals surface area contributed by atoms with Gasteiger partial charge in [0.25, 0.3) is 5.91 Å². The van der Waals surface area contributed by atoms with Gasteiger partial charge in [0, 0.05) is 11.3 Å². The van der Waals surface area contributed by atoms with Gasteiger partial charge in [-0.05, 0) is 75.4 Å². The molecule has 0 bridgehead atoms. The maximum atomic E-state index is 14.5. The first kappa shape index (κ1) is 30.5. The lowest BCUT2D eigenvalue weighted by molar-refractivity contribution is -0.265. The summed E-state index contributed by atoms with van der Waals surface area (Å²) in [6.45, 7) is 11.9. The van der Waals surface area contributed by atoms with Gasteiger partial charge < -0.3 is 19.9 Å². The van der Waals surface area contributed by atoms with Gasteiger partial charge in [-0.15, -0.1) is 0 Å². The van der Waals surface area contributed by atoms with E-state index in [1.54, 1.807) is 13.8 Å². The molecule has 2 N–H and O–H groups in total. The number of aryl methyl sites for hydroxylation is 1. The second-order valence-electron chi connectivity index (χ2n) is 9.96. The first-order chi connectivity index (χ1) is 17.0. The van der Waals surface area contributed by atoms with Crippen LogP contribution in [-0.2, 0) is 10.3 Å². The number of nitrogens with zero attached hydrogens (tertiary/aromatic N) is 1. The third-order valence-electron chi connectivity index (χ3n) is 6.45. The number of halogens is 4. The smallest absolute Gasteiger partial charge is 0.424 e. The molecule has 0 fully saturated rings. The molecule has 0 spiro atoms. The van der Waals surface area contributed by atoms with Gasteiger partial charge in [-0.1, -0.05) is 20.8 Å². The molecule has 0 saturated carbocycles. The minimum Gasteiger partial charge on any atom is -0.488 e. The number of alkyl halides is 3. The Morgan fingerprint density at radius 2 is 1.78 bits per heavy atom. The monoisotopic (exact) mass is 528 g/mol. The number of carbonyl (C=O) groups excluding carboxylic acids is 1. The molecule has 10 heteroatoms. The normalized spacial score (nSPS) is 14.0. The molecule has 0 aliphatic heterocycles. The average molecular weight is 529 g/mol. The number of hydrogen-bond acceptors (Lipinski definition) is 5. The van der Waals surface area contributed by atoms with E-state index in [2.05, 4.69) is 10.3 Å². The highest BCUT2D eigenvalue weighted by atomic mass is 19.4. The molecule has 2 aromatic rings. The molecule has 1 unspecified atom stereocenters. The fourth-order valence-corrected chi connectivity index (χ4v) is 3.55. The maximum absolute atomic E-state index is 14.5. The molecule has 1 aromatic heterocycles. The third kappa shape index (κ3) is 7.41. The summed E-state index contributed by atoms with van der Waals surface area (Å²) in [6, 6.07) is 4.51. The van der Waals surface area contributed by atoms with Crippen molar-refractivity contribution in [1.82, 2.24) is 10.3 Å². The van der Waals surface area contributed by atoms with E-state index in [-0.39, 0.29) is 36.0 Å². The number of aliphatic hydroxyl groups is 1. The molecule has 0 aliphatic carbocycles. The van der Waals surface area contributed by atoms with Gasteiger partial charge in [-0.2, -0.15) is 13.2 Å². The second kappa shape index (κ2) is 11.8. The molecule has 0 saturated heterocycles. The summed E-state index contributed by atoms with van der Waals surface area (Å²) in [6.07, 6.45) is -4.35. The molecular formula is C27H36F4N2O4. The van der Waals surface area contributed by atoms with Crippen LogP contribution in [0.2, 0.25) is 0 Å². The van der Waals surface area contributed by atoms with Crippen molar-refractivity contribution in [1.29, 1.82) is 0 Å². The first-order valence-electron chi connectivity index (χ1n) is 12.1. The Bertz CT molecular complexity index is 1100. The Hall–Kier alpha value is -2.72. The molecule has 1 heterocycles. The van der Waals surface area contributed by atoms with Gasteiger partial charge in [0.2, 0.25) is 5.60 Å². The zero-order valence-electron chi connectivity index (χ0n) is 22.3. The van der Waals surface area contributed by atoms with Crippen LogP contribution in [-0.4, -0.2) is 47.5 Å². The fourth-order valence-electron chi connectivity index (χ4n) is 3.55. The number of hydrogen-bond donors (Lipinski definition) is 2. The molecule has 1 atom stereocenters. The highest BCUT2D eigenvalue weighted by Gasteiger charge is 2.56. The summed E-state index contributed by atoms with van der Waals surface area (Å²) < 4.78 is 67.6. The van der Waals surface area contributed by atoms with Gasteiger partial charge in [-0.25, -0.2) is 4.39 Å². The number of nitrogens with one attached hydrogen (secondary N) is 1. The highest BCUT2D eigenvalue weighted by Crippen LogP contribution is 2.39. The Morgan fingerprint density at radius 1 is 1.14 bits per heavy atom. The number of ether oxygens (including phenoxy) is 2. The third-order valence-corrected chi connectivity index (χ3v) is 6.45. The van der Waals surface area contributed by atoms with Crippen LogP contribution in [0.1, 0.15) is 79.8 Å². The van der Waals surface area contributed by atoms with Crippen LogP contribution in [0, 0.1) is 19.7 Å². The lowest BCUT2D eigenvalue weighted by Gasteiger charge is -2.31. The van der Waals surface area contributed by atoms with Crippen LogP contribution in [0.5, 0.6) is 5.75 Å². The van der Waals surface area contributed by atoms with E-state index in [1.807, 2.05) is 34.6 Å². The van der Waals surface area contributed by atoms with Crippen LogP contribution >= 0.6 is 0 Å². The topological polar surface area (TPSA) is 80.7 Å². The first-order valence-corrected chi connectivity index (χ1v) is 12.1. The standard InChI is InChI=1S/C27H36F4N2O4/c1-8-25(6,7)37-12-11-36-22-10-9-19(13-21(22)28)24(34)32-15-26(35,27(29,30)31)23-14-20(16(2)3)17(4)18(5)33-23/h9-10,13-14,16,35H,8,11-12,15H2,1-7H3,(H,32,34). The van der Waals surface area contributed by atoms with Crippen LogP contribution in [0.15, 0.2) is 24.3 Å². The summed E-state index contributed by atoms with van der Waals surface area (Å²) in [5.41, 5.74) is -2.95. The summed E-state index contributed by atoms with van der Waals surface area (Å²) >= 11 is 0. The molecule has 6 nitrogen and oxygen atoms in total. The molecule has 37 heavy (non-hydrogen) atoms. The van der Waals surface area contributed by atoms with Crippen molar-refractivity contribution < 1.29 is 36.9 Å². The molecular weight excluding hydrogens is 492 g/mol. The zero-order chi connectivity index (χ0) is 28.2. The number of carbonyl (C=O) groups is 1. The predicted octanol–water partition coefficient (Wildman–Crippen LogP) is 5.72. The van der Waals surface area contributed by atoms with Crippen LogP contribution in [0.25, 0.3) is 0 Å². The second-order valence-corrected chi connectivity index (χ2v) is 9.96. The van der Waals surface area contributed by atoms with Gasteiger partial charge in [0.05, 0.1) is 24.4 Å². The van der Waals surface area contributed by atoms with Crippen molar-refractivity contribution in [3.63, 3.8) is 0 Å². The summed E-state index contributed by atoms with van der Waals surface area (Å²) in [4.78, 5) is 16.6. The van der Waals surface area contributed by atoms with Gasteiger partial charge >= 0.3 is 6.18 Å². The number of aromatic nitrogens is 1. The van der Waals surface area contributed by atoms with E-state index in [0.29, 0.717) is 11.3 Å². The van der Waals surface area contributed by atoms with Gasteiger partial charge in [0.15, 0.2) is 11.6 Å². The van der Waals surface area contributed by atoms with Crippen molar-refractivity contribution in [2.24, 2.45) is 0 Å². The minimum atomic E-state index is -5.14. The lowest BCUT2D eigenvalue weighted by atomic mass is 9.90. The quantitative estimate of drug-likeness (QED) is 0.288. The van der Waals surface area contributed by atoms with Crippen LogP contribution in [0.4, 0.5) is 17.6 Å². The van der Waals surface area contributed by atoms with Gasteiger partial charge in [-0.3, -0.25) is 9.78 Å². The maximum Gasteiger partial charge on any atom is 0.424 e. The number of amides is 1. The van der Waals surface area contributed by atoms with E-state index < -0.39 is 35.7 Å². The number of pyridine rings is 1. The Morgan fingerprint density at radius 3 is 2.32 bits per heavy atom. The largest absolute Gasteiger partial charge is 0.488 e. The minimum absolute atomic E-state index is 0.0752. The predicted molar refractivity (Wildman–Crippen MR) is 132 cm³/mol. The number of rotatable bonds is 11. The van der Waals surface area contributed by atoms with Crippen molar-refractivity contribution in [2.45, 2.75) is 78.2 Å². The molecule has 1 aromatic carbocycles. The van der Waals surface area contributed by atoms with E-state index in [1.165, 1.54) is 18.2 Å². The van der Waals surface area contributed by atoms with Crippen LogP contribution < -0.4 is 10.1 Å². The summed E-state index contributed by atoms with van der Waals surface area (Å²) in [5, 5.41) is 12.8. The zero-order valence-corrected chi connectivity index (χ0v) is 22.3. The van der Waals surface area contributed by atoms with E-state index in [4.69, 9.17) is 9.47 Å².